The van der Waals surface area contributed by atoms with E-state index in [1.54, 1.807) is 0 Å². The van der Waals surface area contributed by atoms with Gasteiger partial charge < -0.3 is 24.8 Å². The Labute approximate surface area is 188 Å². The Hall–Kier alpha value is -0.160. The highest BCUT2D eigenvalue weighted by Gasteiger charge is 2.21. The standard InChI is InChI=1S/C20H40N4O3.HI/c1-17-14-24(15-18(2)27-17)10-4-8-22-20(21-3)23-9-5-11-26-16-19-6-12-25-13-7-19;/h17-19H,4-16H2,1-3H3,(H2,21,22,23);1H. The van der Waals surface area contributed by atoms with Crippen LogP contribution in [-0.4, -0.2) is 89.3 Å². The molecule has 7 nitrogen and oxygen atoms in total. The van der Waals surface area contributed by atoms with Gasteiger partial charge in [0.2, 0.25) is 0 Å². The number of nitrogens with zero attached hydrogens (tertiary/aromatic N) is 2. The summed E-state index contributed by atoms with van der Waals surface area (Å²) in [7, 11) is 1.82. The Bertz CT molecular complexity index is 412. The summed E-state index contributed by atoms with van der Waals surface area (Å²) in [5, 5.41) is 6.77. The van der Waals surface area contributed by atoms with Gasteiger partial charge in [-0.1, -0.05) is 0 Å². The van der Waals surface area contributed by atoms with E-state index in [2.05, 4.69) is 34.4 Å². The predicted octanol–water partition coefficient (Wildman–Crippen LogP) is 2.10. The van der Waals surface area contributed by atoms with Gasteiger partial charge in [0.05, 0.1) is 12.2 Å². The molecule has 2 aliphatic rings. The van der Waals surface area contributed by atoms with Gasteiger partial charge in [0.1, 0.15) is 0 Å². The van der Waals surface area contributed by atoms with Gasteiger partial charge in [0, 0.05) is 66.2 Å². The SMILES string of the molecule is CN=C(NCCCOCC1CCOCC1)NCCCN1CC(C)OC(C)C1.I. The number of guanidine groups is 1. The summed E-state index contributed by atoms with van der Waals surface area (Å²) < 4.78 is 17.0. The van der Waals surface area contributed by atoms with Crippen LogP contribution in [0.1, 0.15) is 39.5 Å². The van der Waals surface area contributed by atoms with E-state index < -0.39 is 0 Å². The number of rotatable bonds is 10. The number of halogens is 1. The van der Waals surface area contributed by atoms with Crippen molar-refractivity contribution in [3.05, 3.63) is 0 Å². The number of nitrogens with one attached hydrogen (secondary N) is 2. The third kappa shape index (κ3) is 11.1. The number of aliphatic imine (C=N–C) groups is 1. The van der Waals surface area contributed by atoms with E-state index in [1.165, 1.54) is 0 Å². The van der Waals surface area contributed by atoms with Crippen LogP contribution in [-0.2, 0) is 14.2 Å². The van der Waals surface area contributed by atoms with Crippen molar-refractivity contribution < 1.29 is 14.2 Å². The first kappa shape index (κ1) is 25.9. The highest BCUT2D eigenvalue weighted by Crippen LogP contribution is 2.14. The fourth-order valence-corrected chi connectivity index (χ4v) is 3.74. The number of morpholine rings is 1. The van der Waals surface area contributed by atoms with Crippen LogP contribution >= 0.6 is 24.0 Å². The van der Waals surface area contributed by atoms with Crippen LogP contribution in [0.4, 0.5) is 0 Å². The van der Waals surface area contributed by atoms with E-state index in [-0.39, 0.29) is 24.0 Å². The molecular weight excluding hydrogens is 471 g/mol. The maximum Gasteiger partial charge on any atom is 0.190 e. The number of hydrogen-bond acceptors (Lipinski definition) is 5. The normalized spacial score (nSPS) is 24.6. The smallest absolute Gasteiger partial charge is 0.190 e. The third-order valence-corrected chi connectivity index (χ3v) is 5.11. The largest absolute Gasteiger partial charge is 0.381 e. The van der Waals surface area contributed by atoms with Gasteiger partial charge in [-0.05, 0) is 45.4 Å². The van der Waals surface area contributed by atoms with Gasteiger partial charge >= 0.3 is 0 Å². The first-order valence-electron chi connectivity index (χ1n) is 10.6. The molecule has 2 fully saturated rings. The topological polar surface area (TPSA) is 67.4 Å². The Kier molecular flexibility index (Phi) is 14.5. The molecule has 0 saturated carbocycles. The molecular formula is C20H41IN4O3. The zero-order valence-corrected chi connectivity index (χ0v) is 20.3. The van der Waals surface area contributed by atoms with Crippen molar-refractivity contribution in [3.8, 4) is 0 Å². The molecule has 2 heterocycles. The van der Waals surface area contributed by atoms with Crippen molar-refractivity contribution in [1.29, 1.82) is 0 Å². The third-order valence-electron chi connectivity index (χ3n) is 5.11. The summed E-state index contributed by atoms with van der Waals surface area (Å²) in [4.78, 5) is 6.79. The van der Waals surface area contributed by atoms with Crippen LogP contribution in [0.5, 0.6) is 0 Å². The van der Waals surface area contributed by atoms with Gasteiger partial charge in [-0.2, -0.15) is 0 Å². The molecule has 0 spiro atoms. The summed E-state index contributed by atoms with van der Waals surface area (Å²) in [6.45, 7) is 12.7. The minimum absolute atomic E-state index is 0. The quantitative estimate of drug-likeness (QED) is 0.202. The van der Waals surface area contributed by atoms with Crippen LogP contribution in [0.15, 0.2) is 4.99 Å². The zero-order chi connectivity index (χ0) is 19.3. The van der Waals surface area contributed by atoms with Crippen LogP contribution in [0.2, 0.25) is 0 Å². The molecule has 2 N–H and O–H groups in total. The molecule has 0 aromatic carbocycles. The van der Waals surface area contributed by atoms with Crippen molar-refractivity contribution in [1.82, 2.24) is 15.5 Å². The fraction of sp³-hybridized carbons (Fsp3) is 0.950. The van der Waals surface area contributed by atoms with E-state index in [1.807, 2.05) is 7.05 Å². The maximum absolute atomic E-state index is 5.80. The zero-order valence-electron chi connectivity index (χ0n) is 18.0. The second kappa shape index (κ2) is 15.6. The highest BCUT2D eigenvalue weighted by molar-refractivity contribution is 14.0. The lowest BCUT2D eigenvalue weighted by molar-refractivity contribution is -0.0679. The molecule has 166 valence electrons. The van der Waals surface area contributed by atoms with Gasteiger partial charge in [-0.3, -0.25) is 9.89 Å². The van der Waals surface area contributed by atoms with Crippen LogP contribution in [0.3, 0.4) is 0 Å². The van der Waals surface area contributed by atoms with Crippen molar-refractivity contribution in [2.45, 2.75) is 51.7 Å². The second-order valence-electron chi connectivity index (χ2n) is 7.78. The minimum Gasteiger partial charge on any atom is -0.381 e. The summed E-state index contributed by atoms with van der Waals surface area (Å²) in [5.74, 6) is 1.56. The van der Waals surface area contributed by atoms with Crippen molar-refractivity contribution in [2.75, 3.05) is 66.2 Å². The first-order valence-corrected chi connectivity index (χ1v) is 10.6. The molecule has 0 aromatic heterocycles. The summed E-state index contributed by atoms with van der Waals surface area (Å²) >= 11 is 0. The molecule has 2 unspecified atom stereocenters. The first-order chi connectivity index (χ1) is 13.2. The Balaban J connectivity index is 0.00000392. The highest BCUT2D eigenvalue weighted by atomic mass is 127. The number of hydrogen-bond donors (Lipinski definition) is 2. The van der Waals surface area contributed by atoms with E-state index in [0.717, 1.165) is 90.8 Å². The predicted molar refractivity (Wildman–Crippen MR) is 125 cm³/mol. The minimum atomic E-state index is 0. The van der Waals surface area contributed by atoms with E-state index in [0.29, 0.717) is 18.1 Å². The van der Waals surface area contributed by atoms with Gasteiger partial charge in [0.25, 0.3) is 0 Å². The molecule has 2 rings (SSSR count). The molecule has 2 saturated heterocycles. The fourth-order valence-electron chi connectivity index (χ4n) is 3.74. The monoisotopic (exact) mass is 512 g/mol. The van der Waals surface area contributed by atoms with Gasteiger partial charge in [0.15, 0.2) is 5.96 Å². The number of ether oxygens (including phenoxy) is 3. The Morgan fingerprint density at radius 3 is 2.36 bits per heavy atom. The van der Waals surface area contributed by atoms with E-state index in [4.69, 9.17) is 14.2 Å². The molecule has 0 aromatic rings. The van der Waals surface area contributed by atoms with Crippen LogP contribution in [0.25, 0.3) is 0 Å². The van der Waals surface area contributed by atoms with E-state index >= 15 is 0 Å². The van der Waals surface area contributed by atoms with Crippen molar-refractivity contribution >= 4 is 29.9 Å². The van der Waals surface area contributed by atoms with Crippen LogP contribution in [0, 0.1) is 5.92 Å². The Morgan fingerprint density at radius 1 is 1.07 bits per heavy atom. The van der Waals surface area contributed by atoms with Crippen molar-refractivity contribution in [3.63, 3.8) is 0 Å². The molecule has 28 heavy (non-hydrogen) atoms. The molecule has 0 radical (unpaired) electrons. The molecule has 0 amide bonds. The maximum atomic E-state index is 5.80. The summed E-state index contributed by atoms with van der Waals surface area (Å²) in [6, 6.07) is 0. The van der Waals surface area contributed by atoms with Gasteiger partial charge in [-0.15, -0.1) is 24.0 Å². The average molecular weight is 512 g/mol. The summed E-state index contributed by atoms with van der Waals surface area (Å²) in [6.07, 6.45) is 5.05. The van der Waals surface area contributed by atoms with Crippen LogP contribution < -0.4 is 10.6 Å². The van der Waals surface area contributed by atoms with Gasteiger partial charge in [-0.25, -0.2) is 0 Å². The lowest BCUT2D eigenvalue weighted by Crippen LogP contribution is -2.46. The van der Waals surface area contributed by atoms with E-state index in [9.17, 15) is 0 Å². The average Bonchev–Trinajstić information content (AvgIpc) is 2.66. The molecule has 2 aliphatic heterocycles. The van der Waals surface area contributed by atoms with Crippen molar-refractivity contribution in [2.24, 2.45) is 10.9 Å². The second-order valence-corrected chi connectivity index (χ2v) is 7.78. The molecule has 8 heteroatoms. The lowest BCUT2D eigenvalue weighted by Gasteiger charge is -2.35. The Morgan fingerprint density at radius 2 is 1.71 bits per heavy atom. The lowest BCUT2D eigenvalue weighted by atomic mass is 10.0. The molecule has 2 atom stereocenters. The summed E-state index contributed by atoms with van der Waals surface area (Å²) in [5.41, 5.74) is 0. The molecule has 0 bridgehead atoms. The molecule has 0 aliphatic carbocycles.